The summed E-state index contributed by atoms with van der Waals surface area (Å²) in [5.74, 6) is -0.431. The van der Waals surface area contributed by atoms with E-state index in [1.807, 2.05) is 54.6 Å². The number of hydrogen-bond donors (Lipinski definition) is 4. The van der Waals surface area contributed by atoms with Gasteiger partial charge in [-0.25, -0.2) is 0 Å². The Bertz CT molecular complexity index is 1150. The van der Waals surface area contributed by atoms with Crippen LogP contribution in [0.3, 0.4) is 0 Å². The van der Waals surface area contributed by atoms with Crippen molar-refractivity contribution in [3.8, 4) is 0 Å². The van der Waals surface area contributed by atoms with E-state index in [2.05, 4.69) is 10.2 Å². The Morgan fingerprint density at radius 3 is 2.56 bits per heavy atom. The van der Waals surface area contributed by atoms with Gasteiger partial charge in [-0.15, -0.1) is 0 Å². The van der Waals surface area contributed by atoms with E-state index in [1.165, 1.54) is 0 Å². The van der Waals surface area contributed by atoms with Crippen LogP contribution in [0.15, 0.2) is 77.7 Å². The molecule has 1 atom stereocenters. The molecule has 1 aliphatic heterocycles. The average molecular weight is 476 g/mol. The van der Waals surface area contributed by atoms with Crippen molar-refractivity contribution in [2.75, 3.05) is 43.9 Å². The quantitative estimate of drug-likeness (QED) is 0.224. The summed E-state index contributed by atoms with van der Waals surface area (Å²) >= 11 is 1.13. The molecule has 4 rings (SSSR count). The number of morpholine rings is 1. The van der Waals surface area contributed by atoms with Gasteiger partial charge in [-0.1, -0.05) is 42.5 Å². The zero-order valence-electron chi connectivity index (χ0n) is 18.9. The third-order valence-electron chi connectivity index (χ3n) is 5.91. The van der Waals surface area contributed by atoms with Gasteiger partial charge in [0, 0.05) is 47.0 Å². The molecular weight excluding hydrogens is 446 g/mol. The standard InChI is InChI=1S/C26H29N5O2S/c27-24-10-9-20(16-22(24)25(28)19-7-4-8-21(15-19)34-29)30-26(32)23(18-5-2-1-3-6-18)17-31-11-13-33-14-12-31/h1-10,15-16,23,28H,11-14,17,27,29H2,(H,30,32). The van der Waals surface area contributed by atoms with Crippen LogP contribution in [0.4, 0.5) is 11.4 Å². The number of ether oxygens (including phenoxy) is 1. The van der Waals surface area contributed by atoms with Gasteiger partial charge >= 0.3 is 0 Å². The highest BCUT2D eigenvalue weighted by molar-refractivity contribution is 7.97. The predicted molar refractivity (Wildman–Crippen MR) is 138 cm³/mol. The van der Waals surface area contributed by atoms with Crippen molar-refractivity contribution in [3.63, 3.8) is 0 Å². The maximum Gasteiger partial charge on any atom is 0.233 e. The van der Waals surface area contributed by atoms with Gasteiger partial charge in [0.05, 0.1) is 24.8 Å². The monoisotopic (exact) mass is 475 g/mol. The van der Waals surface area contributed by atoms with Crippen LogP contribution in [0.5, 0.6) is 0 Å². The maximum absolute atomic E-state index is 13.4. The third kappa shape index (κ3) is 5.84. The molecule has 1 aliphatic rings. The highest BCUT2D eigenvalue weighted by Gasteiger charge is 2.25. The molecule has 0 radical (unpaired) electrons. The lowest BCUT2D eigenvalue weighted by Crippen LogP contribution is -2.41. The van der Waals surface area contributed by atoms with Gasteiger partial charge in [0.25, 0.3) is 0 Å². The maximum atomic E-state index is 13.4. The first-order valence-electron chi connectivity index (χ1n) is 11.2. The van der Waals surface area contributed by atoms with Crippen molar-refractivity contribution in [1.29, 1.82) is 5.41 Å². The minimum atomic E-state index is -0.335. The van der Waals surface area contributed by atoms with E-state index in [0.29, 0.717) is 42.3 Å². The van der Waals surface area contributed by atoms with Crippen molar-refractivity contribution in [3.05, 3.63) is 89.5 Å². The van der Waals surface area contributed by atoms with E-state index < -0.39 is 0 Å². The first-order chi connectivity index (χ1) is 16.5. The number of nitrogens with zero attached hydrogens (tertiary/aromatic N) is 1. The second-order valence-corrected chi connectivity index (χ2v) is 8.90. The van der Waals surface area contributed by atoms with Crippen molar-refractivity contribution >= 4 is 34.9 Å². The second kappa shape index (κ2) is 11.3. The molecule has 0 bridgehead atoms. The van der Waals surface area contributed by atoms with Crippen LogP contribution in [0.25, 0.3) is 0 Å². The molecule has 176 valence electrons. The third-order valence-corrected chi connectivity index (χ3v) is 6.44. The number of nitrogens with one attached hydrogen (secondary N) is 2. The van der Waals surface area contributed by atoms with Gasteiger partial charge in [-0.05, 0) is 47.8 Å². The van der Waals surface area contributed by atoms with Crippen molar-refractivity contribution in [1.82, 2.24) is 4.90 Å². The topological polar surface area (TPSA) is 117 Å². The molecule has 0 spiro atoms. The summed E-state index contributed by atoms with van der Waals surface area (Å²) in [6, 6.07) is 22.5. The molecule has 0 aromatic heterocycles. The number of amides is 1. The highest BCUT2D eigenvalue weighted by Crippen LogP contribution is 2.25. The van der Waals surface area contributed by atoms with Gasteiger partial charge in [-0.2, -0.15) is 0 Å². The van der Waals surface area contributed by atoms with E-state index in [4.69, 9.17) is 21.0 Å². The Balaban J connectivity index is 1.56. The van der Waals surface area contributed by atoms with Crippen LogP contribution in [-0.2, 0) is 9.53 Å². The fourth-order valence-corrected chi connectivity index (χ4v) is 4.38. The van der Waals surface area contributed by atoms with Gasteiger partial charge in [0.15, 0.2) is 0 Å². The fraction of sp³-hybridized carbons (Fsp3) is 0.231. The summed E-state index contributed by atoms with van der Waals surface area (Å²) in [6.07, 6.45) is 0. The van der Waals surface area contributed by atoms with Crippen molar-refractivity contribution < 1.29 is 9.53 Å². The number of hydrogen-bond acceptors (Lipinski definition) is 7. The molecule has 0 aliphatic carbocycles. The van der Waals surface area contributed by atoms with Crippen LogP contribution in [0.1, 0.15) is 22.6 Å². The van der Waals surface area contributed by atoms with Gasteiger partial charge in [-0.3, -0.25) is 20.2 Å². The fourth-order valence-electron chi connectivity index (χ4n) is 4.03. The number of nitrogen functional groups attached to an aromatic ring is 1. The summed E-state index contributed by atoms with van der Waals surface area (Å²) in [4.78, 5) is 16.6. The van der Waals surface area contributed by atoms with E-state index in [1.54, 1.807) is 18.2 Å². The van der Waals surface area contributed by atoms with Gasteiger partial charge in [0.2, 0.25) is 5.91 Å². The minimum absolute atomic E-state index is 0.0959. The number of carbonyl (C=O) groups is 1. The first-order valence-corrected chi connectivity index (χ1v) is 12.0. The number of carbonyl (C=O) groups excluding carboxylic acids is 1. The van der Waals surface area contributed by atoms with Crippen molar-refractivity contribution in [2.45, 2.75) is 10.8 Å². The Labute approximate surface area is 204 Å². The Kier molecular flexibility index (Phi) is 7.97. The lowest BCUT2D eigenvalue weighted by Gasteiger charge is -2.30. The summed E-state index contributed by atoms with van der Waals surface area (Å²) in [7, 11) is 0. The molecule has 1 unspecified atom stereocenters. The number of anilines is 2. The van der Waals surface area contributed by atoms with E-state index >= 15 is 0 Å². The lowest BCUT2D eigenvalue weighted by atomic mass is 9.96. The van der Waals surface area contributed by atoms with Crippen LogP contribution >= 0.6 is 11.9 Å². The second-order valence-electron chi connectivity index (χ2n) is 8.19. The molecule has 3 aromatic rings. The molecule has 1 amide bonds. The molecule has 0 saturated carbocycles. The van der Waals surface area contributed by atoms with E-state index in [9.17, 15) is 4.79 Å². The van der Waals surface area contributed by atoms with Crippen LogP contribution in [0, 0.1) is 5.41 Å². The average Bonchev–Trinajstić information content (AvgIpc) is 2.89. The summed E-state index contributed by atoms with van der Waals surface area (Å²) in [5, 5.41) is 17.4. The van der Waals surface area contributed by atoms with Crippen LogP contribution in [-0.4, -0.2) is 49.4 Å². The first kappa shape index (κ1) is 24.0. The van der Waals surface area contributed by atoms with E-state index in [0.717, 1.165) is 35.5 Å². The molecule has 8 heteroatoms. The molecule has 7 nitrogen and oxygen atoms in total. The summed E-state index contributed by atoms with van der Waals surface area (Å²) < 4.78 is 5.46. The molecular formula is C26H29N5O2S. The molecule has 1 saturated heterocycles. The van der Waals surface area contributed by atoms with Crippen molar-refractivity contribution in [2.24, 2.45) is 5.14 Å². The Morgan fingerprint density at radius 2 is 1.82 bits per heavy atom. The zero-order chi connectivity index (χ0) is 23.9. The molecule has 1 fully saturated rings. The SMILES string of the molecule is N=C(c1cccc(SN)c1)c1cc(NC(=O)C(CN2CCOCC2)c2ccccc2)ccc1N. The minimum Gasteiger partial charge on any atom is -0.398 e. The largest absolute Gasteiger partial charge is 0.398 e. The smallest absolute Gasteiger partial charge is 0.233 e. The van der Waals surface area contributed by atoms with Crippen LogP contribution < -0.4 is 16.2 Å². The summed E-state index contributed by atoms with van der Waals surface area (Å²) in [5.41, 5.74) is 9.78. The zero-order valence-corrected chi connectivity index (χ0v) is 19.7. The Hall–Kier alpha value is -3.17. The number of rotatable bonds is 8. The Morgan fingerprint density at radius 1 is 1.06 bits per heavy atom. The van der Waals surface area contributed by atoms with E-state index in [-0.39, 0.29) is 17.5 Å². The van der Waals surface area contributed by atoms with Crippen LogP contribution in [0.2, 0.25) is 0 Å². The molecule has 3 aromatic carbocycles. The van der Waals surface area contributed by atoms with Gasteiger partial charge in [0.1, 0.15) is 0 Å². The molecule has 1 heterocycles. The number of benzene rings is 3. The molecule has 6 N–H and O–H groups in total. The number of nitrogens with two attached hydrogens (primary N) is 2. The highest BCUT2D eigenvalue weighted by atomic mass is 32.2. The predicted octanol–water partition coefficient (Wildman–Crippen LogP) is 3.71. The lowest BCUT2D eigenvalue weighted by molar-refractivity contribution is -0.118. The normalized spacial score (nSPS) is 15.0. The summed E-state index contributed by atoms with van der Waals surface area (Å²) in [6.45, 7) is 3.58. The molecule has 34 heavy (non-hydrogen) atoms. The van der Waals surface area contributed by atoms with Gasteiger partial charge < -0.3 is 15.8 Å².